The van der Waals surface area contributed by atoms with Crippen LogP contribution in [0.2, 0.25) is 0 Å². The van der Waals surface area contributed by atoms with E-state index in [1.807, 2.05) is 12.1 Å². The summed E-state index contributed by atoms with van der Waals surface area (Å²) in [5.74, 6) is 2.52. The lowest BCUT2D eigenvalue weighted by Gasteiger charge is -2.31. The molecule has 2 rings (SSSR count). The molecule has 0 spiro atoms. The quantitative estimate of drug-likeness (QED) is 0.874. The number of rotatable bonds is 6. The zero-order chi connectivity index (χ0) is 15.2. The van der Waals surface area contributed by atoms with Crippen LogP contribution in [0.3, 0.4) is 0 Å². The Kier molecular flexibility index (Phi) is 5.88. The van der Waals surface area contributed by atoms with Crippen molar-refractivity contribution in [1.82, 2.24) is 10.2 Å². The minimum Gasteiger partial charge on any atom is -0.497 e. The zero-order valence-electron chi connectivity index (χ0n) is 13.7. The van der Waals surface area contributed by atoms with Crippen molar-refractivity contribution < 1.29 is 9.47 Å². The summed E-state index contributed by atoms with van der Waals surface area (Å²) in [4.78, 5) is 2.42. The Morgan fingerprint density at radius 1 is 1.33 bits per heavy atom. The van der Waals surface area contributed by atoms with Gasteiger partial charge in [-0.3, -0.25) is 0 Å². The molecule has 2 atom stereocenters. The van der Waals surface area contributed by atoms with Crippen molar-refractivity contribution in [2.45, 2.75) is 25.8 Å². The number of methoxy groups -OCH3 is 2. The number of nitrogens with one attached hydrogen (secondary N) is 1. The summed E-state index contributed by atoms with van der Waals surface area (Å²) in [5, 5.41) is 3.65. The van der Waals surface area contributed by atoms with Gasteiger partial charge in [0.15, 0.2) is 0 Å². The van der Waals surface area contributed by atoms with Crippen LogP contribution in [0.4, 0.5) is 0 Å². The summed E-state index contributed by atoms with van der Waals surface area (Å²) in [7, 11) is 5.62. The average molecular weight is 292 g/mol. The number of nitrogens with zero attached hydrogens (tertiary/aromatic N) is 1. The van der Waals surface area contributed by atoms with Crippen LogP contribution in [0.25, 0.3) is 0 Å². The fourth-order valence-corrected chi connectivity index (χ4v) is 3.07. The maximum Gasteiger partial charge on any atom is 0.123 e. The minimum atomic E-state index is 0.252. The summed E-state index contributed by atoms with van der Waals surface area (Å²) in [6, 6.07) is 6.22. The SMILES string of the molecule is COc1ccc(OC)c(C(C)NCC2CCCN(C)C2)c1. The number of likely N-dealkylation sites (tertiary alicyclic amines) is 1. The van der Waals surface area contributed by atoms with Gasteiger partial charge in [-0.2, -0.15) is 0 Å². The van der Waals surface area contributed by atoms with Crippen LogP contribution in [-0.4, -0.2) is 45.8 Å². The molecule has 4 nitrogen and oxygen atoms in total. The summed E-state index contributed by atoms with van der Waals surface area (Å²) in [5.41, 5.74) is 1.15. The second-order valence-corrected chi connectivity index (χ2v) is 6.01. The van der Waals surface area contributed by atoms with Crippen LogP contribution >= 0.6 is 0 Å². The van der Waals surface area contributed by atoms with Gasteiger partial charge in [-0.15, -0.1) is 0 Å². The molecule has 118 valence electrons. The first kappa shape index (κ1) is 16.1. The highest BCUT2D eigenvalue weighted by Crippen LogP contribution is 2.29. The lowest BCUT2D eigenvalue weighted by atomic mass is 9.97. The maximum absolute atomic E-state index is 5.47. The standard InChI is InChI=1S/C17H28N2O2/c1-13(18-11-14-6-5-9-19(2)12-14)16-10-15(20-3)7-8-17(16)21-4/h7-8,10,13-14,18H,5-6,9,11-12H2,1-4H3. The number of piperidine rings is 1. The van der Waals surface area contributed by atoms with E-state index < -0.39 is 0 Å². The monoisotopic (exact) mass is 292 g/mol. The van der Waals surface area contributed by atoms with Gasteiger partial charge in [-0.05, 0) is 64.0 Å². The fraction of sp³-hybridized carbons (Fsp3) is 0.647. The number of hydrogen-bond donors (Lipinski definition) is 1. The van der Waals surface area contributed by atoms with Gasteiger partial charge in [-0.25, -0.2) is 0 Å². The summed E-state index contributed by atoms with van der Waals surface area (Å²) in [6.45, 7) is 5.65. The van der Waals surface area contributed by atoms with E-state index in [0.717, 1.165) is 29.5 Å². The van der Waals surface area contributed by atoms with Crippen molar-refractivity contribution in [3.8, 4) is 11.5 Å². The van der Waals surface area contributed by atoms with E-state index in [0.29, 0.717) is 0 Å². The molecule has 1 aromatic carbocycles. The van der Waals surface area contributed by atoms with Gasteiger partial charge in [0.2, 0.25) is 0 Å². The Labute approximate surface area is 128 Å². The number of hydrogen-bond acceptors (Lipinski definition) is 4. The van der Waals surface area contributed by atoms with Crippen LogP contribution in [0, 0.1) is 5.92 Å². The third kappa shape index (κ3) is 4.35. The largest absolute Gasteiger partial charge is 0.497 e. The minimum absolute atomic E-state index is 0.252. The molecule has 1 aliphatic rings. The molecule has 0 amide bonds. The first-order chi connectivity index (χ1) is 10.1. The number of ether oxygens (including phenoxy) is 2. The number of benzene rings is 1. The van der Waals surface area contributed by atoms with E-state index >= 15 is 0 Å². The zero-order valence-corrected chi connectivity index (χ0v) is 13.7. The van der Waals surface area contributed by atoms with Crippen LogP contribution in [0.1, 0.15) is 31.4 Å². The van der Waals surface area contributed by atoms with Crippen molar-refractivity contribution >= 4 is 0 Å². The molecule has 1 aliphatic heterocycles. The first-order valence-corrected chi connectivity index (χ1v) is 7.78. The van der Waals surface area contributed by atoms with Crippen LogP contribution in [0.5, 0.6) is 11.5 Å². The molecule has 1 N–H and O–H groups in total. The van der Waals surface area contributed by atoms with Gasteiger partial charge in [0.05, 0.1) is 14.2 Å². The molecule has 1 heterocycles. The van der Waals surface area contributed by atoms with Crippen molar-refractivity contribution in [2.75, 3.05) is 40.9 Å². The lowest BCUT2D eigenvalue weighted by Crippen LogP contribution is -2.38. The fourth-order valence-electron chi connectivity index (χ4n) is 3.07. The highest BCUT2D eigenvalue weighted by Gasteiger charge is 2.19. The van der Waals surface area contributed by atoms with Crippen molar-refractivity contribution in [3.63, 3.8) is 0 Å². The van der Waals surface area contributed by atoms with Crippen LogP contribution in [-0.2, 0) is 0 Å². The van der Waals surface area contributed by atoms with Crippen molar-refractivity contribution in [1.29, 1.82) is 0 Å². The summed E-state index contributed by atoms with van der Waals surface area (Å²) < 4.78 is 10.8. The normalized spacial score (nSPS) is 21.0. The maximum atomic E-state index is 5.47. The molecule has 1 aromatic rings. The summed E-state index contributed by atoms with van der Waals surface area (Å²) in [6.07, 6.45) is 2.62. The molecule has 0 saturated carbocycles. The second kappa shape index (κ2) is 7.66. The van der Waals surface area contributed by atoms with E-state index in [2.05, 4.69) is 30.3 Å². The molecule has 0 bridgehead atoms. The van der Waals surface area contributed by atoms with E-state index in [1.54, 1.807) is 14.2 Å². The molecule has 1 fully saturated rings. The van der Waals surface area contributed by atoms with Gasteiger partial charge >= 0.3 is 0 Å². The molecule has 21 heavy (non-hydrogen) atoms. The van der Waals surface area contributed by atoms with E-state index in [1.165, 1.54) is 25.9 Å². The third-order valence-electron chi connectivity index (χ3n) is 4.34. The highest BCUT2D eigenvalue weighted by atomic mass is 16.5. The van der Waals surface area contributed by atoms with Crippen molar-refractivity contribution in [2.24, 2.45) is 5.92 Å². The van der Waals surface area contributed by atoms with E-state index in [-0.39, 0.29) is 6.04 Å². The smallest absolute Gasteiger partial charge is 0.123 e. The lowest BCUT2D eigenvalue weighted by molar-refractivity contribution is 0.203. The van der Waals surface area contributed by atoms with Crippen LogP contribution < -0.4 is 14.8 Å². The average Bonchev–Trinajstić information content (AvgIpc) is 2.52. The molecule has 0 aromatic heterocycles. The Balaban J connectivity index is 1.97. The van der Waals surface area contributed by atoms with Gasteiger partial charge in [0, 0.05) is 18.2 Å². The molecule has 1 saturated heterocycles. The molecule has 0 aliphatic carbocycles. The highest BCUT2D eigenvalue weighted by molar-refractivity contribution is 5.42. The first-order valence-electron chi connectivity index (χ1n) is 7.78. The van der Waals surface area contributed by atoms with Crippen LogP contribution in [0.15, 0.2) is 18.2 Å². The van der Waals surface area contributed by atoms with E-state index in [9.17, 15) is 0 Å². The Bertz CT molecular complexity index is 450. The van der Waals surface area contributed by atoms with Gasteiger partial charge in [-0.1, -0.05) is 0 Å². The predicted octanol–water partition coefficient (Wildman–Crippen LogP) is 2.70. The molecular formula is C17H28N2O2. The Morgan fingerprint density at radius 3 is 2.81 bits per heavy atom. The molecule has 4 heteroatoms. The van der Waals surface area contributed by atoms with Gasteiger partial charge < -0.3 is 19.7 Å². The van der Waals surface area contributed by atoms with Crippen molar-refractivity contribution in [3.05, 3.63) is 23.8 Å². The molecule has 0 radical (unpaired) electrons. The Hall–Kier alpha value is -1.26. The second-order valence-electron chi connectivity index (χ2n) is 6.01. The molecule has 2 unspecified atom stereocenters. The van der Waals surface area contributed by atoms with E-state index in [4.69, 9.17) is 9.47 Å². The van der Waals surface area contributed by atoms with Gasteiger partial charge in [0.25, 0.3) is 0 Å². The Morgan fingerprint density at radius 2 is 2.14 bits per heavy atom. The predicted molar refractivity (Wildman–Crippen MR) is 86.2 cm³/mol. The molecular weight excluding hydrogens is 264 g/mol. The topological polar surface area (TPSA) is 33.7 Å². The third-order valence-corrected chi connectivity index (χ3v) is 4.34. The summed E-state index contributed by atoms with van der Waals surface area (Å²) >= 11 is 0. The van der Waals surface area contributed by atoms with Gasteiger partial charge in [0.1, 0.15) is 11.5 Å².